The third-order valence-corrected chi connectivity index (χ3v) is 3.70. The van der Waals surface area contributed by atoms with Gasteiger partial charge in [0.15, 0.2) is 0 Å². The van der Waals surface area contributed by atoms with Crippen LogP contribution in [0.2, 0.25) is 0 Å². The van der Waals surface area contributed by atoms with Crippen LogP contribution < -0.4 is 0 Å². The minimum atomic E-state index is -3.38. The molecule has 4 heteroatoms. The summed E-state index contributed by atoms with van der Waals surface area (Å²) in [6, 6.07) is 0. The van der Waals surface area contributed by atoms with E-state index in [1.165, 1.54) is 0 Å². The molecule has 3 nitrogen and oxygen atoms in total. The van der Waals surface area contributed by atoms with Crippen molar-refractivity contribution in [3.05, 3.63) is 12.7 Å². The lowest BCUT2D eigenvalue weighted by molar-refractivity contribution is 0.272. The predicted octanol–water partition coefficient (Wildman–Crippen LogP) is 1.95. The maximum Gasteiger partial charge on any atom is 0.232 e. The maximum absolute atomic E-state index is 11.3. The van der Waals surface area contributed by atoms with Crippen LogP contribution in [-0.2, 0) is 4.57 Å². The minimum Gasteiger partial charge on any atom is -0.379 e. The fourth-order valence-electron chi connectivity index (χ4n) is 0.885. The summed E-state index contributed by atoms with van der Waals surface area (Å²) in [5.74, 6) is -1.26. The van der Waals surface area contributed by atoms with E-state index in [2.05, 4.69) is 6.58 Å². The Morgan fingerprint density at radius 1 is 1.58 bits per heavy atom. The molecule has 0 aliphatic heterocycles. The smallest absolute Gasteiger partial charge is 0.232 e. The van der Waals surface area contributed by atoms with E-state index in [0.717, 1.165) is 18.9 Å². The molecule has 0 aliphatic carbocycles. The van der Waals surface area contributed by atoms with Gasteiger partial charge in [0.2, 0.25) is 7.37 Å². The van der Waals surface area contributed by atoms with Gasteiger partial charge in [0, 0.05) is 6.16 Å². The van der Waals surface area contributed by atoms with Crippen molar-refractivity contribution in [2.75, 3.05) is 6.16 Å². The molecule has 0 spiro atoms. The van der Waals surface area contributed by atoms with E-state index in [4.69, 9.17) is 5.11 Å². The Labute approximate surface area is 73.6 Å². The summed E-state index contributed by atoms with van der Waals surface area (Å²) >= 11 is 0. The van der Waals surface area contributed by atoms with Crippen molar-refractivity contribution in [2.45, 2.75) is 32.0 Å². The highest BCUT2D eigenvalue weighted by Crippen LogP contribution is 2.46. The predicted molar refractivity (Wildman–Crippen MR) is 50.4 cm³/mol. The first-order valence-corrected chi connectivity index (χ1v) is 6.08. The van der Waals surface area contributed by atoms with E-state index < -0.39 is 13.2 Å². The van der Waals surface area contributed by atoms with Crippen molar-refractivity contribution < 1.29 is 14.6 Å². The summed E-state index contributed by atoms with van der Waals surface area (Å²) in [4.78, 5) is 9.24. The van der Waals surface area contributed by atoms with Crippen molar-refractivity contribution in [2.24, 2.45) is 0 Å². The third-order valence-electron chi connectivity index (χ3n) is 1.71. The normalized spacial score (nSPS) is 18.2. The molecule has 0 bridgehead atoms. The molecule has 2 atom stereocenters. The van der Waals surface area contributed by atoms with Crippen molar-refractivity contribution >= 4 is 7.37 Å². The first kappa shape index (κ1) is 11.9. The standard InChI is InChI=1S/C8H17O3P/c1-3-5-6-7-12(10,11)8(9)4-2/h4,8-9H,2-3,5-7H2,1H3,(H,10,11). The lowest BCUT2D eigenvalue weighted by Crippen LogP contribution is -2.06. The molecule has 0 aromatic carbocycles. The Morgan fingerprint density at radius 3 is 2.58 bits per heavy atom. The molecule has 0 radical (unpaired) electrons. The molecule has 0 fully saturated rings. The van der Waals surface area contributed by atoms with E-state index in [1.807, 2.05) is 6.92 Å². The van der Waals surface area contributed by atoms with Crippen LogP contribution in [-0.4, -0.2) is 22.0 Å². The topological polar surface area (TPSA) is 57.5 Å². The van der Waals surface area contributed by atoms with E-state index in [1.54, 1.807) is 0 Å². The van der Waals surface area contributed by atoms with Gasteiger partial charge < -0.3 is 10.00 Å². The number of unbranched alkanes of at least 4 members (excludes halogenated alkanes) is 2. The van der Waals surface area contributed by atoms with Crippen LogP contribution in [0, 0.1) is 0 Å². The van der Waals surface area contributed by atoms with Crippen molar-refractivity contribution in [3.63, 3.8) is 0 Å². The summed E-state index contributed by atoms with van der Waals surface area (Å²) in [5, 5.41) is 9.05. The highest BCUT2D eigenvalue weighted by Gasteiger charge is 2.25. The molecule has 2 N–H and O–H groups in total. The highest BCUT2D eigenvalue weighted by atomic mass is 31.2. The van der Waals surface area contributed by atoms with Crippen LogP contribution in [0.1, 0.15) is 26.2 Å². The molecule has 0 aromatic rings. The summed E-state index contributed by atoms with van der Waals surface area (Å²) in [5.41, 5.74) is 0. The summed E-state index contributed by atoms with van der Waals surface area (Å²) in [7, 11) is -3.38. The largest absolute Gasteiger partial charge is 0.379 e. The fourth-order valence-corrected chi connectivity index (χ4v) is 2.16. The van der Waals surface area contributed by atoms with Gasteiger partial charge in [0.05, 0.1) is 0 Å². The van der Waals surface area contributed by atoms with E-state index in [9.17, 15) is 9.46 Å². The summed E-state index contributed by atoms with van der Waals surface area (Å²) < 4.78 is 11.3. The van der Waals surface area contributed by atoms with Crippen LogP contribution in [0.15, 0.2) is 12.7 Å². The van der Waals surface area contributed by atoms with Gasteiger partial charge in [-0.15, -0.1) is 0 Å². The molecule has 12 heavy (non-hydrogen) atoms. The minimum absolute atomic E-state index is 0.189. The number of hydrogen-bond donors (Lipinski definition) is 2. The number of aliphatic hydroxyl groups excluding tert-OH is 1. The quantitative estimate of drug-likeness (QED) is 0.384. The molecule has 0 saturated carbocycles. The van der Waals surface area contributed by atoms with Gasteiger partial charge >= 0.3 is 0 Å². The average molecular weight is 192 g/mol. The van der Waals surface area contributed by atoms with Gasteiger partial charge in [0.1, 0.15) is 5.85 Å². The molecule has 0 amide bonds. The monoisotopic (exact) mass is 192 g/mol. The van der Waals surface area contributed by atoms with Crippen molar-refractivity contribution in [1.82, 2.24) is 0 Å². The molecule has 0 rings (SSSR count). The first-order chi connectivity index (χ1) is 5.54. The number of hydrogen-bond acceptors (Lipinski definition) is 2. The zero-order chi connectivity index (χ0) is 9.61. The van der Waals surface area contributed by atoms with Gasteiger partial charge in [-0.3, -0.25) is 4.57 Å². The van der Waals surface area contributed by atoms with E-state index in [-0.39, 0.29) is 6.16 Å². The van der Waals surface area contributed by atoms with E-state index in [0.29, 0.717) is 6.42 Å². The van der Waals surface area contributed by atoms with Crippen molar-refractivity contribution in [1.29, 1.82) is 0 Å². The summed E-state index contributed by atoms with van der Waals surface area (Å²) in [6.07, 6.45) is 3.93. The van der Waals surface area contributed by atoms with Gasteiger partial charge in [-0.05, 0) is 6.42 Å². The van der Waals surface area contributed by atoms with Gasteiger partial charge in [-0.25, -0.2) is 0 Å². The zero-order valence-electron chi connectivity index (χ0n) is 7.44. The van der Waals surface area contributed by atoms with Gasteiger partial charge in [-0.1, -0.05) is 32.4 Å². The van der Waals surface area contributed by atoms with Crippen LogP contribution in [0.3, 0.4) is 0 Å². The SMILES string of the molecule is C=CC(O)P(=O)(O)CCCCC. The lowest BCUT2D eigenvalue weighted by Gasteiger charge is -2.14. The Morgan fingerprint density at radius 2 is 2.17 bits per heavy atom. The number of rotatable bonds is 6. The average Bonchev–Trinajstić information content (AvgIpc) is 2.03. The second-order valence-corrected chi connectivity index (χ2v) is 5.32. The molecule has 0 aromatic heterocycles. The summed E-state index contributed by atoms with van der Waals surface area (Å²) in [6.45, 7) is 5.29. The second kappa shape index (κ2) is 5.52. The lowest BCUT2D eigenvalue weighted by atomic mass is 10.3. The van der Waals surface area contributed by atoms with Crippen LogP contribution in [0.25, 0.3) is 0 Å². The number of aliphatic hydroxyl groups is 1. The molecule has 72 valence electrons. The fraction of sp³-hybridized carbons (Fsp3) is 0.750. The van der Waals surface area contributed by atoms with Gasteiger partial charge in [0.25, 0.3) is 0 Å². The van der Waals surface area contributed by atoms with Crippen LogP contribution >= 0.6 is 7.37 Å². The molecule has 0 saturated heterocycles. The zero-order valence-corrected chi connectivity index (χ0v) is 8.33. The maximum atomic E-state index is 11.3. The molecular weight excluding hydrogens is 175 g/mol. The molecule has 2 unspecified atom stereocenters. The Balaban J connectivity index is 3.87. The Kier molecular flexibility index (Phi) is 5.47. The van der Waals surface area contributed by atoms with Crippen molar-refractivity contribution in [3.8, 4) is 0 Å². The third kappa shape index (κ3) is 4.05. The van der Waals surface area contributed by atoms with Gasteiger partial charge in [-0.2, -0.15) is 0 Å². The Hall–Kier alpha value is -0.110. The second-order valence-electron chi connectivity index (χ2n) is 2.84. The molecular formula is C8H17O3P. The van der Waals surface area contributed by atoms with Crippen LogP contribution in [0.4, 0.5) is 0 Å². The van der Waals surface area contributed by atoms with Crippen LogP contribution in [0.5, 0.6) is 0 Å². The highest BCUT2D eigenvalue weighted by molar-refractivity contribution is 7.58. The molecule has 0 aliphatic rings. The first-order valence-electron chi connectivity index (χ1n) is 4.16. The molecule has 0 heterocycles. The van der Waals surface area contributed by atoms with E-state index >= 15 is 0 Å². The Bertz CT molecular complexity index is 179.